The molecule has 1 aliphatic carbocycles. The van der Waals surface area contributed by atoms with Crippen molar-refractivity contribution < 1.29 is 22.3 Å². The largest absolute Gasteiger partial charge is 0.480 e. The Bertz CT molecular complexity index is 1170. The molecule has 2 fully saturated rings. The number of hydrogen-bond acceptors (Lipinski definition) is 7. The molecule has 32 heavy (non-hydrogen) atoms. The number of hydrogen-bond donors (Lipinski definition) is 3. The van der Waals surface area contributed by atoms with Crippen LogP contribution in [0.3, 0.4) is 0 Å². The molecule has 1 aromatic carbocycles. The van der Waals surface area contributed by atoms with E-state index in [1.54, 1.807) is 0 Å². The molecule has 0 radical (unpaired) electrons. The third-order valence-corrected chi connectivity index (χ3v) is 7.41. The van der Waals surface area contributed by atoms with Gasteiger partial charge in [-0.3, -0.25) is 10.2 Å². The molecule has 1 saturated heterocycles. The normalized spacial score (nSPS) is 22.2. The summed E-state index contributed by atoms with van der Waals surface area (Å²) in [7, 11) is -2.40. The number of halogens is 1. The topological polar surface area (TPSA) is 137 Å². The number of guanidine groups is 1. The molecule has 1 aliphatic heterocycles. The number of aromatic nitrogens is 2. The molecule has 0 spiro atoms. The smallest absolute Gasteiger partial charge is 0.275 e. The molecule has 1 atom stereocenters. The van der Waals surface area contributed by atoms with Gasteiger partial charge in [-0.15, -0.1) is 0 Å². The first-order chi connectivity index (χ1) is 15.1. The van der Waals surface area contributed by atoms with Crippen molar-refractivity contribution in [2.24, 2.45) is 5.92 Å². The number of nitrogens with zero attached hydrogens (tertiary/aromatic N) is 3. The predicted molar refractivity (Wildman–Crippen MR) is 114 cm³/mol. The summed E-state index contributed by atoms with van der Waals surface area (Å²) >= 11 is 0. The minimum Gasteiger partial charge on any atom is -0.480 e. The Labute approximate surface area is 184 Å². The molecule has 12 heteroatoms. The molecule has 2 heterocycles. The second-order valence-corrected chi connectivity index (χ2v) is 10.0. The van der Waals surface area contributed by atoms with Crippen molar-refractivity contribution >= 4 is 27.6 Å². The highest BCUT2D eigenvalue weighted by Crippen LogP contribution is 2.35. The number of sulfonamides is 1. The van der Waals surface area contributed by atoms with Crippen LogP contribution < -0.4 is 15.4 Å². The van der Waals surface area contributed by atoms with Crippen LogP contribution in [0.5, 0.6) is 5.88 Å². The van der Waals surface area contributed by atoms with Crippen molar-refractivity contribution in [2.45, 2.75) is 25.3 Å². The van der Waals surface area contributed by atoms with E-state index < -0.39 is 33.0 Å². The minimum atomic E-state index is -3.82. The van der Waals surface area contributed by atoms with E-state index in [0.717, 1.165) is 23.2 Å². The number of methoxy groups -OCH3 is 1. The van der Waals surface area contributed by atoms with Crippen molar-refractivity contribution in [3.63, 3.8) is 0 Å². The van der Waals surface area contributed by atoms with Crippen LogP contribution >= 0.6 is 0 Å². The maximum atomic E-state index is 14.8. The van der Waals surface area contributed by atoms with Gasteiger partial charge in [0.2, 0.25) is 21.9 Å². The molecule has 1 aromatic heterocycles. The highest BCUT2D eigenvalue weighted by atomic mass is 32.2. The number of carbonyl (C=O) groups excluding carboxylic acids is 1. The van der Waals surface area contributed by atoms with E-state index in [1.165, 1.54) is 38.6 Å². The second kappa shape index (κ2) is 8.01. The molecular formula is C20H23FN6O4S. The molecule has 2 aromatic rings. The fraction of sp³-hybridized carbons (Fsp3) is 0.400. The molecule has 170 valence electrons. The summed E-state index contributed by atoms with van der Waals surface area (Å²) in [5.41, 5.74) is -1.09. The van der Waals surface area contributed by atoms with Crippen molar-refractivity contribution in [2.75, 3.05) is 24.7 Å². The number of nitrogens with one attached hydrogen (secondary N) is 3. The summed E-state index contributed by atoms with van der Waals surface area (Å²) in [6.07, 6.45) is 4.41. The van der Waals surface area contributed by atoms with E-state index in [2.05, 4.69) is 20.6 Å². The van der Waals surface area contributed by atoms with Gasteiger partial charge < -0.3 is 15.4 Å². The van der Waals surface area contributed by atoms with E-state index in [1.807, 2.05) is 0 Å². The summed E-state index contributed by atoms with van der Waals surface area (Å²) in [6, 6.07) is 3.86. The third-order valence-electron chi connectivity index (χ3n) is 5.46. The molecule has 4 rings (SSSR count). The highest BCUT2D eigenvalue weighted by Gasteiger charge is 2.46. The lowest BCUT2D eigenvalue weighted by Crippen LogP contribution is -2.62. The molecule has 1 amide bonds. The molecule has 0 unspecified atom stereocenters. The first-order valence-electron chi connectivity index (χ1n) is 9.96. The molecule has 0 bridgehead atoms. The van der Waals surface area contributed by atoms with Crippen LogP contribution in [-0.4, -0.2) is 54.0 Å². The van der Waals surface area contributed by atoms with E-state index in [9.17, 15) is 17.6 Å². The fourth-order valence-corrected chi connectivity index (χ4v) is 5.46. The summed E-state index contributed by atoms with van der Waals surface area (Å²) in [5.74, 6) is -1.42. The zero-order valence-electron chi connectivity index (χ0n) is 17.6. The van der Waals surface area contributed by atoms with E-state index in [0.29, 0.717) is 0 Å². The zero-order valence-corrected chi connectivity index (χ0v) is 18.4. The summed E-state index contributed by atoms with van der Waals surface area (Å²) in [4.78, 5) is 20.4. The fourth-order valence-electron chi connectivity index (χ4n) is 3.59. The van der Waals surface area contributed by atoms with E-state index in [4.69, 9.17) is 10.1 Å². The first kappa shape index (κ1) is 21.9. The lowest BCUT2D eigenvalue weighted by molar-refractivity contribution is 0.102. The number of carbonyl (C=O) groups is 1. The Balaban J connectivity index is 1.57. The number of ether oxygens (including phenoxy) is 1. The van der Waals surface area contributed by atoms with Gasteiger partial charge in [0.15, 0.2) is 0 Å². The number of anilines is 1. The van der Waals surface area contributed by atoms with Crippen LogP contribution in [0.1, 0.15) is 35.8 Å². The van der Waals surface area contributed by atoms with Gasteiger partial charge in [-0.2, -0.15) is 0 Å². The molecule has 3 N–H and O–H groups in total. The minimum absolute atomic E-state index is 0.0236. The van der Waals surface area contributed by atoms with Gasteiger partial charge in [-0.1, -0.05) is 0 Å². The maximum absolute atomic E-state index is 14.8. The van der Waals surface area contributed by atoms with E-state index in [-0.39, 0.29) is 41.2 Å². The molecular weight excluding hydrogens is 439 g/mol. The van der Waals surface area contributed by atoms with Crippen molar-refractivity contribution in [1.29, 1.82) is 5.41 Å². The van der Waals surface area contributed by atoms with E-state index >= 15 is 0 Å². The van der Waals surface area contributed by atoms with Gasteiger partial charge in [0.05, 0.1) is 30.8 Å². The average Bonchev–Trinajstić information content (AvgIpc) is 3.56. The molecule has 2 aliphatic rings. The van der Waals surface area contributed by atoms with Crippen LogP contribution in [0.2, 0.25) is 0 Å². The highest BCUT2D eigenvalue weighted by molar-refractivity contribution is 7.89. The Morgan fingerprint density at radius 3 is 2.72 bits per heavy atom. The summed E-state index contributed by atoms with van der Waals surface area (Å²) in [6.45, 7) is 1.78. The maximum Gasteiger partial charge on any atom is 0.275 e. The Hall–Kier alpha value is -3.28. The Morgan fingerprint density at radius 1 is 1.38 bits per heavy atom. The summed E-state index contributed by atoms with van der Waals surface area (Å²) in [5, 5.41) is 13.7. The lowest BCUT2D eigenvalue weighted by atomic mass is 9.93. The van der Waals surface area contributed by atoms with Gasteiger partial charge >= 0.3 is 0 Å². The van der Waals surface area contributed by atoms with Crippen LogP contribution in [0.25, 0.3) is 0 Å². The second-order valence-electron chi connectivity index (χ2n) is 8.13. The monoisotopic (exact) mass is 462 g/mol. The Morgan fingerprint density at radius 2 is 2.12 bits per heavy atom. The van der Waals surface area contributed by atoms with Crippen LogP contribution in [0, 0.1) is 17.1 Å². The number of rotatable bonds is 6. The SMILES string of the molecule is COc1cnc(C(=O)Nc2ccc(F)c([C@]3(C)CS(=O)(=O)N(CC4CC4)C(=N)N3)c2)cn1. The van der Waals surface area contributed by atoms with Gasteiger partial charge in [-0.25, -0.2) is 27.1 Å². The predicted octanol–water partition coefficient (Wildman–Crippen LogP) is 1.67. The van der Waals surface area contributed by atoms with Crippen LogP contribution in [0.15, 0.2) is 30.6 Å². The number of amides is 1. The van der Waals surface area contributed by atoms with Crippen LogP contribution in [-0.2, 0) is 15.6 Å². The van der Waals surface area contributed by atoms with Gasteiger partial charge in [0.25, 0.3) is 5.91 Å². The van der Waals surface area contributed by atoms with Crippen LogP contribution in [0.4, 0.5) is 10.1 Å². The van der Waals surface area contributed by atoms with Crippen molar-refractivity contribution in [3.8, 4) is 5.88 Å². The summed E-state index contributed by atoms with van der Waals surface area (Å²) < 4.78 is 46.5. The van der Waals surface area contributed by atoms with Crippen molar-refractivity contribution in [1.82, 2.24) is 19.6 Å². The molecule has 10 nitrogen and oxygen atoms in total. The van der Waals surface area contributed by atoms with Gasteiger partial charge in [-0.05, 0) is 43.9 Å². The third kappa shape index (κ3) is 4.35. The van der Waals surface area contributed by atoms with Crippen molar-refractivity contribution in [3.05, 3.63) is 47.7 Å². The standard InChI is InChI=1S/C20H23FN6O4S/c1-20(11-32(29,30)27(19(22)26-20)10-12-3-4-12)14-7-13(5-6-15(14)21)25-18(28)16-8-24-17(31-2)9-23-16/h5-9,12H,3-4,10-11H2,1-2H3,(H2,22,26)(H,25,28)/t20-/m0/s1. The quantitative estimate of drug-likeness (QED) is 0.594. The van der Waals surface area contributed by atoms with Gasteiger partial charge in [0, 0.05) is 17.8 Å². The average molecular weight is 463 g/mol. The zero-order chi connectivity index (χ0) is 23.1. The van der Waals surface area contributed by atoms with Gasteiger partial charge in [0.1, 0.15) is 11.5 Å². The molecule has 1 saturated carbocycles. The Kier molecular flexibility index (Phi) is 5.49. The lowest BCUT2D eigenvalue weighted by Gasteiger charge is -2.41. The first-order valence-corrected chi connectivity index (χ1v) is 11.6. The number of benzene rings is 1.